The van der Waals surface area contributed by atoms with Crippen molar-refractivity contribution >= 4 is 39.8 Å². The number of aliphatic imine (C=N–C) groups is 1. The minimum Gasteiger partial charge on any atom is -0.468 e. The van der Waals surface area contributed by atoms with E-state index in [9.17, 15) is 8.42 Å². The van der Waals surface area contributed by atoms with Crippen LogP contribution in [0.3, 0.4) is 0 Å². The fourth-order valence-electron chi connectivity index (χ4n) is 3.92. The first-order chi connectivity index (χ1) is 14.1. The Labute approximate surface area is 197 Å². The summed E-state index contributed by atoms with van der Waals surface area (Å²) in [5.41, 5.74) is 0. The average molecular weight is 554 g/mol. The summed E-state index contributed by atoms with van der Waals surface area (Å²) in [6.07, 6.45) is 5.49. The van der Waals surface area contributed by atoms with Crippen LogP contribution in [-0.4, -0.2) is 88.0 Å². The number of likely N-dealkylation sites (tertiary alicyclic amines) is 1. The van der Waals surface area contributed by atoms with Gasteiger partial charge in [-0.05, 0) is 45.0 Å². The molecular formula is C20H36IN5O3S. The second kappa shape index (κ2) is 12.9. The van der Waals surface area contributed by atoms with E-state index in [1.54, 1.807) is 6.26 Å². The van der Waals surface area contributed by atoms with Crippen LogP contribution < -0.4 is 10.6 Å². The molecule has 2 saturated heterocycles. The monoisotopic (exact) mass is 553 g/mol. The Bertz CT molecular complexity index is 722. The van der Waals surface area contributed by atoms with Gasteiger partial charge in [0.2, 0.25) is 0 Å². The normalized spacial score (nSPS) is 21.6. The Kier molecular flexibility index (Phi) is 10.9. The summed E-state index contributed by atoms with van der Waals surface area (Å²) < 4.78 is 28.8. The van der Waals surface area contributed by atoms with E-state index in [4.69, 9.17) is 9.41 Å². The molecular weight excluding hydrogens is 517 g/mol. The van der Waals surface area contributed by atoms with E-state index >= 15 is 0 Å². The van der Waals surface area contributed by atoms with E-state index in [0.29, 0.717) is 19.6 Å². The van der Waals surface area contributed by atoms with E-state index in [-0.39, 0.29) is 41.5 Å². The maximum atomic E-state index is 11.6. The number of rotatable bonds is 8. The maximum absolute atomic E-state index is 11.6. The number of piperidine rings is 1. The van der Waals surface area contributed by atoms with Crippen LogP contribution in [0.4, 0.5) is 0 Å². The van der Waals surface area contributed by atoms with Crippen molar-refractivity contribution in [2.45, 2.75) is 32.2 Å². The third-order valence-electron chi connectivity index (χ3n) is 5.63. The third-order valence-corrected chi connectivity index (χ3v) is 7.24. The molecule has 0 saturated carbocycles. The van der Waals surface area contributed by atoms with Crippen molar-refractivity contribution in [3.05, 3.63) is 24.2 Å². The quantitative estimate of drug-likeness (QED) is 0.288. The number of hydrogen-bond acceptors (Lipinski definition) is 6. The molecule has 172 valence electrons. The van der Waals surface area contributed by atoms with Gasteiger partial charge in [0, 0.05) is 32.7 Å². The second-order valence-corrected chi connectivity index (χ2v) is 10.1. The number of furan rings is 1. The van der Waals surface area contributed by atoms with Crippen molar-refractivity contribution in [3.63, 3.8) is 0 Å². The van der Waals surface area contributed by atoms with E-state index in [0.717, 1.165) is 44.4 Å². The summed E-state index contributed by atoms with van der Waals surface area (Å²) in [6.45, 7) is 8.45. The van der Waals surface area contributed by atoms with Crippen molar-refractivity contribution in [3.8, 4) is 0 Å². The predicted molar refractivity (Wildman–Crippen MR) is 131 cm³/mol. The fraction of sp³-hybridized carbons (Fsp3) is 0.750. The van der Waals surface area contributed by atoms with E-state index in [1.165, 1.54) is 19.3 Å². The maximum Gasteiger partial charge on any atom is 0.191 e. The van der Waals surface area contributed by atoms with Crippen molar-refractivity contribution in [1.29, 1.82) is 0 Å². The first-order valence-corrected chi connectivity index (χ1v) is 12.6. The SMILES string of the molecule is CCNC(=NCC(c1ccco1)N1CCCCC1)NCCN1CCS(=O)(=O)CC1.I. The molecule has 10 heteroatoms. The standard InChI is InChI=1S/C20H35N5O3S.HI/c1-2-21-20(22-8-11-24-12-15-29(26,27)16-13-24)23-17-18(19-7-6-14-28-19)25-9-4-3-5-10-25;/h6-7,14,18H,2-5,8-13,15-17H2,1H3,(H2,21,22,23);1H. The van der Waals surface area contributed by atoms with Gasteiger partial charge in [-0.25, -0.2) is 8.42 Å². The van der Waals surface area contributed by atoms with Crippen LogP contribution in [0.1, 0.15) is 38.0 Å². The van der Waals surface area contributed by atoms with Crippen LogP contribution in [0.15, 0.2) is 27.8 Å². The lowest BCUT2D eigenvalue weighted by molar-refractivity contribution is 0.150. The molecule has 0 bridgehead atoms. The van der Waals surface area contributed by atoms with Gasteiger partial charge >= 0.3 is 0 Å². The smallest absolute Gasteiger partial charge is 0.191 e. The van der Waals surface area contributed by atoms with Gasteiger partial charge in [0.05, 0.1) is 30.4 Å². The van der Waals surface area contributed by atoms with Crippen molar-refractivity contribution in [2.75, 3.05) is 63.9 Å². The van der Waals surface area contributed by atoms with Gasteiger partial charge in [-0.15, -0.1) is 24.0 Å². The molecule has 0 aromatic carbocycles. The van der Waals surface area contributed by atoms with Crippen molar-refractivity contribution in [2.24, 2.45) is 4.99 Å². The molecule has 2 aliphatic heterocycles. The zero-order valence-corrected chi connectivity index (χ0v) is 21.0. The highest BCUT2D eigenvalue weighted by atomic mass is 127. The third kappa shape index (κ3) is 8.01. The zero-order valence-electron chi connectivity index (χ0n) is 17.9. The highest BCUT2D eigenvalue weighted by Crippen LogP contribution is 2.25. The van der Waals surface area contributed by atoms with Crippen molar-refractivity contribution in [1.82, 2.24) is 20.4 Å². The predicted octanol–water partition coefficient (Wildman–Crippen LogP) is 1.71. The first kappa shape index (κ1) is 25.4. The minimum atomic E-state index is -2.83. The summed E-state index contributed by atoms with van der Waals surface area (Å²) in [7, 11) is -2.83. The molecule has 0 aliphatic carbocycles. The van der Waals surface area contributed by atoms with Gasteiger partial charge < -0.3 is 15.1 Å². The molecule has 30 heavy (non-hydrogen) atoms. The Morgan fingerprint density at radius 2 is 1.90 bits per heavy atom. The Hall–Kier alpha value is -0.850. The molecule has 1 unspecified atom stereocenters. The van der Waals surface area contributed by atoms with Crippen LogP contribution in [0, 0.1) is 0 Å². The molecule has 8 nitrogen and oxygen atoms in total. The molecule has 3 heterocycles. The fourth-order valence-corrected chi connectivity index (χ4v) is 5.20. The molecule has 1 atom stereocenters. The molecule has 3 rings (SSSR count). The summed E-state index contributed by atoms with van der Waals surface area (Å²) in [5, 5.41) is 6.70. The highest BCUT2D eigenvalue weighted by Gasteiger charge is 2.24. The number of nitrogens with zero attached hydrogens (tertiary/aromatic N) is 3. The molecule has 0 spiro atoms. The highest BCUT2D eigenvalue weighted by molar-refractivity contribution is 14.0. The topological polar surface area (TPSA) is 90.2 Å². The molecule has 2 fully saturated rings. The summed E-state index contributed by atoms with van der Waals surface area (Å²) in [4.78, 5) is 9.50. The average Bonchev–Trinajstić information content (AvgIpc) is 3.25. The Balaban J connectivity index is 0.00000320. The van der Waals surface area contributed by atoms with Gasteiger partial charge in [-0.2, -0.15) is 0 Å². The van der Waals surface area contributed by atoms with Crippen LogP contribution >= 0.6 is 24.0 Å². The van der Waals surface area contributed by atoms with Crippen LogP contribution in [0.25, 0.3) is 0 Å². The first-order valence-electron chi connectivity index (χ1n) is 10.8. The number of sulfone groups is 1. The van der Waals surface area contributed by atoms with Gasteiger partial charge in [-0.1, -0.05) is 6.42 Å². The van der Waals surface area contributed by atoms with E-state index in [1.807, 2.05) is 12.1 Å². The molecule has 0 radical (unpaired) electrons. The van der Waals surface area contributed by atoms with Gasteiger partial charge in [0.25, 0.3) is 0 Å². The molecule has 2 aliphatic rings. The van der Waals surface area contributed by atoms with Gasteiger partial charge in [-0.3, -0.25) is 14.8 Å². The Morgan fingerprint density at radius 1 is 1.17 bits per heavy atom. The van der Waals surface area contributed by atoms with Gasteiger partial charge in [0.1, 0.15) is 5.76 Å². The van der Waals surface area contributed by atoms with Gasteiger partial charge in [0.15, 0.2) is 15.8 Å². The van der Waals surface area contributed by atoms with E-state index in [2.05, 4.69) is 27.4 Å². The molecule has 2 N–H and O–H groups in total. The summed E-state index contributed by atoms with van der Waals surface area (Å²) in [5.74, 6) is 2.30. The summed E-state index contributed by atoms with van der Waals surface area (Å²) in [6, 6.07) is 4.14. The van der Waals surface area contributed by atoms with Crippen LogP contribution in [-0.2, 0) is 9.84 Å². The van der Waals surface area contributed by atoms with Crippen LogP contribution in [0.2, 0.25) is 0 Å². The number of nitrogens with one attached hydrogen (secondary N) is 2. The zero-order chi connectivity index (χ0) is 20.5. The minimum absolute atomic E-state index is 0. The molecule has 1 aromatic rings. The lowest BCUT2D eigenvalue weighted by Crippen LogP contribution is -2.46. The largest absolute Gasteiger partial charge is 0.468 e. The number of guanidine groups is 1. The van der Waals surface area contributed by atoms with E-state index < -0.39 is 9.84 Å². The summed E-state index contributed by atoms with van der Waals surface area (Å²) >= 11 is 0. The lowest BCUT2D eigenvalue weighted by Gasteiger charge is -2.32. The number of hydrogen-bond donors (Lipinski definition) is 2. The van der Waals surface area contributed by atoms with Crippen LogP contribution in [0.5, 0.6) is 0 Å². The Morgan fingerprint density at radius 3 is 2.53 bits per heavy atom. The van der Waals surface area contributed by atoms with Crippen molar-refractivity contribution < 1.29 is 12.8 Å². The molecule has 1 aromatic heterocycles. The molecule has 0 amide bonds. The lowest BCUT2D eigenvalue weighted by atomic mass is 10.1. The number of halogens is 1. The second-order valence-electron chi connectivity index (χ2n) is 7.77.